The van der Waals surface area contributed by atoms with Gasteiger partial charge >= 0.3 is 7.82 Å². The van der Waals surface area contributed by atoms with Crippen molar-refractivity contribution in [3.05, 3.63) is 23.0 Å². The van der Waals surface area contributed by atoms with Crippen molar-refractivity contribution in [2.45, 2.75) is 24.5 Å². The average Bonchev–Trinajstić information content (AvgIpc) is 3.01. The van der Waals surface area contributed by atoms with Crippen LogP contribution in [0.15, 0.2) is 17.4 Å². The molecule has 4 atom stereocenters. The van der Waals surface area contributed by atoms with E-state index in [4.69, 9.17) is 14.5 Å². The van der Waals surface area contributed by atoms with Crippen molar-refractivity contribution in [2.24, 2.45) is 0 Å². The van der Waals surface area contributed by atoms with Crippen LogP contribution in [-0.2, 0) is 13.8 Å². The van der Waals surface area contributed by atoms with E-state index < -0.39 is 44.5 Å². The van der Waals surface area contributed by atoms with Crippen molar-refractivity contribution in [1.29, 1.82) is 0 Å². The van der Waals surface area contributed by atoms with Crippen LogP contribution in [-0.4, -0.2) is 64.4 Å². The first-order valence-corrected chi connectivity index (χ1v) is 7.93. The van der Waals surface area contributed by atoms with Crippen molar-refractivity contribution in [1.82, 2.24) is 19.5 Å². The molecule has 12 nitrogen and oxygen atoms in total. The molecule has 5 N–H and O–H groups in total. The molecule has 23 heavy (non-hydrogen) atoms. The molecular weight excluding hydrogens is 335 g/mol. The summed E-state index contributed by atoms with van der Waals surface area (Å²) in [6.07, 6.45) is -3.04. The second-order valence-corrected chi connectivity index (χ2v) is 6.05. The topological polar surface area (TPSA) is 180 Å². The van der Waals surface area contributed by atoms with Crippen LogP contribution in [0.4, 0.5) is 0 Å². The number of imidazole rings is 1. The summed E-state index contributed by atoms with van der Waals surface area (Å²) in [6, 6.07) is 0. The Kier molecular flexibility index (Phi) is 4.06. The van der Waals surface area contributed by atoms with E-state index in [-0.39, 0.29) is 11.2 Å². The molecule has 0 spiro atoms. The highest BCUT2D eigenvalue weighted by Gasteiger charge is 2.48. The largest absolute Gasteiger partial charge is 0.470 e. The van der Waals surface area contributed by atoms with Gasteiger partial charge in [-0.25, -0.2) is 14.5 Å². The van der Waals surface area contributed by atoms with Gasteiger partial charge in [-0.05, 0) is 0 Å². The minimum absolute atomic E-state index is 0.00297. The second-order valence-electron chi connectivity index (χ2n) is 4.85. The lowest BCUT2D eigenvalue weighted by atomic mass is 10.1. The van der Waals surface area contributed by atoms with Gasteiger partial charge in [0, 0.05) is 0 Å². The Balaban J connectivity index is 1.98. The van der Waals surface area contributed by atoms with Crippen LogP contribution >= 0.6 is 7.82 Å². The van der Waals surface area contributed by atoms with Crippen LogP contribution in [0.1, 0.15) is 6.23 Å². The van der Waals surface area contributed by atoms with Gasteiger partial charge in [-0.3, -0.25) is 13.9 Å². The summed E-state index contributed by atoms with van der Waals surface area (Å²) in [5, 5.41) is 19.5. The monoisotopic (exact) mass is 348 g/mol. The predicted molar refractivity (Wildman–Crippen MR) is 72.1 cm³/mol. The number of H-pyrrole nitrogens is 1. The highest BCUT2D eigenvalue weighted by atomic mass is 31.2. The third-order valence-corrected chi connectivity index (χ3v) is 3.91. The average molecular weight is 348 g/mol. The number of aromatic nitrogens is 4. The lowest BCUT2D eigenvalue weighted by molar-refractivity contribution is -0.0509. The first kappa shape index (κ1) is 16.2. The van der Waals surface area contributed by atoms with E-state index in [0.717, 1.165) is 6.33 Å². The first-order valence-electron chi connectivity index (χ1n) is 6.40. The maximum Gasteiger partial charge on any atom is 0.470 e. The molecule has 0 amide bonds. The Morgan fingerprint density at radius 2 is 2.17 bits per heavy atom. The van der Waals surface area contributed by atoms with Crippen molar-refractivity contribution >= 4 is 19.0 Å². The number of aliphatic hydroxyl groups is 2. The number of aliphatic hydroxyl groups excluding tert-OH is 2. The van der Waals surface area contributed by atoms with Gasteiger partial charge in [0.2, 0.25) is 0 Å². The minimum Gasteiger partial charge on any atom is -0.394 e. The number of nitrogens with zero attached hydrogens (tertiary/aromatic N) is 3. The molecule has 126 valence electrons. The van der Waals surface area contributed by atoms with E-state index in [2.05, 4.69) is 19.5 Å². The van der Waals surface area contributed by atoms with E-state index in [1.807, 2.05) is 0 Å². The molecule has 0 bridgehead atoms. The molecule has 0 aliphatic carbocycles. The van der Waals surface area contributed by atoms with Gasteiger partial charge in [0.25, 0.3) is 5.56 Å². The van der Waals surface area contributed by atoms with Crippen molar-refractivity contribution in [3.8, 4) is 0 Å². The number of hydrogen-bond donors (Lipinski definition) is 5. The summed E-state index contributed by atoms with van der Waals surface area (Å²) in [5.41, 5.74) is -0.391. The van der Waals surface area contributed by atoms with Crippen molar-refractivity contribution in [3.63, 3.8) is 0 Å². The Hall–Kier alpha value is -1.66. The van der Waals surface area contributed by atoms with E-state index in [9.17, 15) is 19.6 Å². The summed E-state index contributed by atoms with van der Waals surface area (Å²) >= 11 is 0. The maximum absolute atomic E-state index is 11.6. The van der Waals surface area contributed by atoms with E-state index in [0.29, 0.717) is 0 Å². The van der Waals surface area contributed by atoms with Gasteiger partial charge in [0.05, 0.1) is 19.3 Å². The van der Waals surface area contributed by atoms with Gasteiger partial charge in [-0.2, -0.15) is 0 Å². The molecule has 1 saturated heterocycles. The third-order valence-electron chi connectivity index (χ3n) is 3.39. The smallest absolute Gasteiger partial charge is 0.394 e. The molecule has 0 unspecified atom stereocenters. The molecular formula is C10H13N4O8P. The number of nitrogens with one attached hydrogen (secondary N) is 1. The number of fused-ring (bicyclic) bond motifs is 1. The van der Waals surface area contributed by atoms with Crippen molar-refractivity contribution in [2.75, 3.05) is 6.61 Å². The van der Waals surface area contributed by atoms with E-state index >= 15 is 0 Å². The van der Waals surface area contributed by atoms with Crippen LogP contribution in [0.2, 0.25) is 0 Å². The Labute approximate surface area is 127 Å². The van der Waals surface area contributed by atoms with Gasteiger partial charge in [-0.15, -0.1) is 0 Å². The molecule has 0 radical (unpaired) electrons. The number of ether oxygens (including phenoxy) is 1. The molecule has 2 aromatic rings. The lowest BCUT2D eigenvalue weighted by Gasteiger charge is -2.19. The molecule has 0 saturated carbocycles. The fourth-order valence-corrected chi connectivity index (χ4v) is 3.01. The Bertz CT molecular complexity index is 815. The minimum atomic E-state index is -4.91. The third kappa shape index (κ3) is 2.93. The van der Waals surface area contributed by atoms with Gasteiger partial charge in [-0.1, -0.05) is 0 Å². The van der Waals surface area contributed by atoms with Gasteiger partial charge < -0.3 is 29.7 Å². The zero-order valence-electron chi connectivity index (χ0n) is 11.4. The molecule has 13 heteroatoms. The second kappa shape index (κ2) is 5.76. The summed E-state index contributed by atoms with van der Waals surface area (Å²) in [6.45, 7) is -0.640. The molecule has 3 heterocycles. The Morgan fingerprint density at radius 3 is 2.83 bits per heavy atom. The molecule has 2 aromatic heterocycles. The quantitative estimate of drug-likeness (QED) is 0.382. The predicted octanol–water partition coefficient (Wildman–Crippen LogP) is -2.15. The van der Waals surface area contributed by atoms with Crippen LogP contribution in [0.5, 0.6) is 0 Å². The number of phosphoric ester groups is 1. The van der Waals surface area contributed by atoms with Crippen molar-refractivity contribution < 1.29 is 33.8 Å². The first-order chi connectivity index (χ1) is 10.8. The number of phosphoric acid groups is 1. The molecule has 0 aromatic carbocycles. The van der Waals surface area contributed by atoms with Crippen LogP contribution in [0, 0.1) is 0 Å². The van der Waals surface area contributed by atoms with Gasteiger partial charge in [0.15, 0.2) is 17.4 Å². The van der Waals surface area contributed by atoms with Crippen LogP contribution in [0.3, 0.4) is 0 Å². The standard InChI is InChI=1S/C10H13N4O8P/c15-1-4-7(22-23(18,19)20)6(16)10(21-4)14-3-13-5-8(14)11-2-12-9(5)17/h2-4,6-7,10,15-16H,1H2,(H,11,12,17)(H2,18,19,20)/t4-,6+,7+,10+/m0/s1. The highest BCUT2D eigenvalue weighted by Crippen LogP contribution is 2.43. The zero-order valence-corrected chi connectivity index (χ0v) is 12.3. The molecule has 1 fully saturated rings. The SMILES string of the molecule is O=c1[nH]cnc2c1ncn2[C@@H]1O[C@@H](CO)[C@@H](OP(=O)(O)O)[C@H]1O. The number of aromatic amines is 1. The maximum atomic E-state index is 11.6. The fourth-order valence-electron chi connectivity index (χ4n) is 2.43. The molecule has 3 rings (SSSR count). The van der Waals surface area contributed by atoms with Crippen LogP contribution in [0.25, 0.3) is 11.2 Å². The van der Waals surface area contributed by atoms with E-state index in [1.165, 1.54) is 10.9 Å². The lowest BCUT2D eigenvalue weighted by Crippen LogP contribution is -2.35. The normalized spacial score (nSPS) is 28.5. The fraction of sp³-hybridized carbons (Fsp3) is 0.500. The number of hydrogen-bond acceptors (Lipinski definition) is 8. The zero-order chi connectivity index (χ0) is 16.8. The van der Waals surface area contributed by atoms with Gasteiger partial charge in [0.1, 0.15) is 18.3 Å². The van der Waals surface area contributed by atoms with E-state index in [1.54, 1.807) is 0 Å². The summed E-state index contributed by atoms with van der Waals surface area (Å²) in [4.78, 5) is 39.5. The summed E-state index contributed by atoms with van der Waals surface area (Å²) < 4.78 is 22.1. The molecule has 1 aliphatic rings. The summed E-state index contributed by atoms with van der Waals surface area (Å²) in [5.74, 6) is 0. The number of rotatable bonds is 4. The van der Waals surface area contributed by atoms with Crippen LogP contribution < -0.4 is 5.56 Å². The highest BCUT2D eigenvalue weighted by molar-refractivity contribution is 7.46. The summed E-state index contributed by atoms with van der Waals surface area (Å²) in [7, 11) is -4.91. The Morgan fingerprint density at radius 1 is 1.43 bits per heavy atom. The molecule has 1 aliphatic heterocycles.